The largest absolute Gasteiger partial charge is 0.451 e. The summed E-state index contributed by atoms with van der Waals surface area (Å²) in [5, 5.41) is 8.06. The molecule has 2 saturated heterocycles. The second kappa shape index (κ2) is 12.0. The topological polar surface area (TPSA) is 148 Å². The Labute approximate surface area is 249 Å². The van der Waals surface area contributed by atoms with Crippen LogP contribution in [0, 0.1) is 11.3 Å². The van der Waals surface area contributed by atoms with Gasteiger partial charge in [-0.2, -0.15) is 0 Å². The molecule has 3 N–H and O–H groups in total. The van der Waals surface area contributed by atoms with Crippen molar-refractivity contribution in [1.29, 1.82) is 0 Å². The van der Waals surface area contributed by atoms with E-state index in [-0.39, 0.29) is 43.8 Å². The molecule has 12 heteroatoms. The first kappa shape index (κ1) is 29.2. The molecule has 5 bridgehead atoms. The number of ether oxygens (including phenoxy) is 3. The van der Waals surface area contributed by atoms with E-state index in [0.29, 0.717) is 25.1 Å². The van der Waals surface area contributed by atoms with Gasteiger partial charge in [0, 0.05) is 17.8 Å². The molecular weight excluding hydrogens is 554 g/mol. The number of cyclic esters (lactones) is 1. The molecule has 3 amide bonds. The molecule has 1 spiro atoms. The fourth-order valence-electron chi connectivity index (χ4n) is 5.69. The Morgan fingerprint density at radius 3 is 2.44 bits per heavy atom. The highest BCUT2D eigenvalue weighted by Crippen LogP contribution is 2.37. The number of carbonyl (C=O) groups excluding carboxylic acids is 4. The van der Waals surface area contributed by atoms with Crippen molar-refractivity contribution in [2.24, 2.45) is 11.3 Å². The number of aromatic nitrogens is 1. The smallest absolute Gasteiger partial charge is 0.321 e. The zero-order valence-corrected chi connectivity index (χ0v) is 24.3. The highest BCUT2D eigenvalue weighted by molar-refractivity contribution is 5.92. The molecule has 0 unspecified atom stereocenters. The minimum Gasteiger partial charge on any atom is -0.451 e. The van der Waals surface area contributed by atoms with Gasteiger partial charge in [-0.3, -0.25) is 29.2 Å². The number of nitrogens with one attached hydrogen (secondary N) is 3. The lowest BCUT2D eigenvalue weighted by Gasteiger charge is -2.35. The summed E-state index contributed by atoms with van der Waals surface area (Å²) >= 11 is 0. The summed E-state index contributed by atoms with van der Waals surface area (Å²) in [6.07, 6.45) is 5.09. The number of fused-ring (bicyclic) bond motifs is 4. The number of amides is 3. The van der Waals surface area contributed by atoms with E-state index in [1.165, 1.54) is 5.01 Å². The van der Waals surface area contributed by atoms with Crippen LogP contribution in [0.2, 0.25) is 0 Å². The van der Waals surface area contributed by atoms with Gasteiger partial charge < -0.3 is 24.8 Å². The highest BCUT2D eigenvalue weighted by Gasteiger charge is 2.47. The van der Waals surface area contributed by atoms with Crippen LogP contribution in [0.15, 0.2) is 36.4 Å². The van der Waals surface area contributed by atoms with E-state index >= 15 is 0 Å². The lowest BCUT2D eigenvalue weighted by atomic mass is 9.88. The van der Waals surface area contributed by atoms with Gasteiger partial charge in [0.25, 0.3) is 11.8 Å². The molecule has 228 valence electrons. The van der Waals surface area contributed by atoms with E-state index in [1.54, 1.807) is 19.1 Å². The van der Waals surface area contributed by atoms with Gasteiger partial charge in [0.1, 0.15) is 24.3 Å². The van der Waals surface area contributed by atoms with Crippen LogP contribution < -0.4 is 16.1 Å². The minimum absolute atomic E-state index is 0.0330. The quantitative estimate of drug-likeness (QED) is 0.422. The van der Waals surface area contributed by atoms with Gasteiger partial charge in [-0.05, 0) is 57.2 Å². The monoisotopic (exact) mass is 591 g/mol. The number of carbonyl (C=O) groups is 4. The van der Waals surface area contributed by atoms with Crippen LogP contribution in [0.3, 0.4) is 0 Å². The van der Waals surface area contributed by atoms with Crippen molar-refractivity contribution < 1.29 is 33.4 Å². The predicted octanol–water partition coefficient (Wildman–Crippen LogP) is 1.75. The maximum absolute atomic E-state index is 13.7. The molecular formula is C31H37N5O7. The van der Waals surface area contributed by atoms with Crippen molar-refractivity contribution in [2.45, 2.75) is 63.8 Å². The molecule has 6 rings (SSSR count). The van der Waals surface area contributed by atoms with E-state index in [9.17, 15) is 19.2 Å². The van der Waals surface area contributed by atoms with E-state index < -0.39 is 35.5 Å². The Bertz CT molecular complexity index is 1450. The van der Waals surface area contributed by atoms with E-state index in [4.69, 9.17) is 19.2 Å². The molecule has 12 nitrogen and oxygen atoms in total. The number of hydrogen-bond donors (Lipinski definition) is 3. The van der Waals surface area contributed by atoms with Gasteiger partial charge in [0.15, 0.2) is 6.10 Å². The summed E-state index contributed by atoms with van der Waals surface area (Å²) in [7, 11) is 0. The third kappa shape index (κ3) is 6.27. The molecule has 1 saturated carbocycles. The Kier molecular flexibility index (Phi) is 8.17. The van der Waals surface area contributed by atoms with Gasteiger partial charge in [-0.1, -0.05) is 30.4 Å². The van der Waals surface area contributed by atoms with E-state index in [0.717, 1.165) is 29.3 Å². The third-order valence-electron chi connectivity index (χ3n) is 8.47. The summed E-state index contributed by atoms with van der Waals surface area (Å²) in [6, 6.07) is 7.69. The minimum atomic E-state index is -1.26. The summed E-state index contributed by atoms with van der Waals surface area (Å²) in [6.45, 7) is 3.96. The molecule has 1 aliphatic carbocycles. The maximum Gasteiger partial charge on any atom is 0.321 e. The number of esters is 1. The van der Waals surface area contributed by atoms with Crippen LogP contribution in [-0.4, -0.2) is 78.4 Å². The van der Waals surface area contributed by atoms with Crippen LogP contribution >= 0.6 is 0 Å². The maximum atomic E-state index is 13.7. The first-order valence-corrected chi connectivity index (χ1v) is 14.9. The van der Waals surface area contributed by atoms with Crippen molar-refractivity contribution in [3.05, 3.63) is 47.7 Å². The fraction of sp³-hybridized carbons (Fsp3) is 0.516. The molecule has 4 heterocycles. The third-order valence-corrected chi connectivity index (χ3v) is 8.47. The zero-order valence-electron chi connectivity index (χ0n) is 24.3. The number of hydrogen-bond acceptors (Lipinski definition) is 9. The van der Waals surface area contributed by atoms with Crippen LogP contribution in [0.1, 0.15) is 56.8 Å². The molecule has 1 aromatic heterocycles. The number of pyridine rings is 1. The van der Waals surface area contributed by atoms with Gasteiger partial charge in [-0.25, -0.2) is 5.43 Å². The number of benzene rings is 1. The van der Waals surface area contributed by atoms with Crippen molar-refractivity contribution in [3.63, 3.8) is 0 Å². The van der Waals surface area contributed by atoms with Gasteiger partial charge in [0.05, 0.1) is 30.5 Å². The number of nitrogens with zero attached hydrogens (tertiary/aromatic N) is 2. The van der Waals surface area contributed by atoms with Crippen LogP contribution in [0.25, 0.3) is 17.0 Å². The average Bonchev–Trinajstić information content (AvgIpc) is 3.87. The molecule has 1 aromatic carbocycles. The lowest BCUT2D eigenvalue weighted by molar-refractivity contribution is -0.191. The van der Waals surface area contributed by atoms with Crippen LogP contribution in [-0.2, 0) is 33.4 Å². The second-order valence-corrected chi connectivity index (χ2v) is 11.9. The number of rotatable bonds is 1. The van der Waals surface area contributed by atoms with Gasteiger partial charge in [-0.15, -0.1) is 0 Å². The molecule has 43 heavy (non-hydrogen) atoms. The van der Waals surface area contributed by atoms with Crippen LogP contribution in [0.5, 0.6) is 0 Å². The molecule has 3 fully saturated rings. The number of hydrazine groups is 1. The summed E-state index contributed by atoms with van der Waals surface area (Å²) in [4.78, 5) is 58.4. The lowest BCUT2D eigenvalue weighted by Crippen LogP contribution is -2.61. The molecule has 4 atom stereocenters. The standard InChI is InChI=1S/C31H37N5O7/c1-18-23-10-9-21-6-5-20(14-25(21)34-23)11-12-31(15-41-17-42-16-31)30(40)43-26(22-7-8-22)28(38)33-19(2)29(39)36-13-3-4-24(35-36)27(37)32-18/h5-6,9-12,14,18-19,22,24,26,35H,3-4,7-8,13,15-17H2,1-2H3,(H,32,37)(H,33,38)/t18-,19+,24+,26+/m1/s1. The Morgan fingerprint density at radius 2 is 1.67 bits per heavy atom. The molecule has 2 aromatic rings. The zero-order chi connectivity index (χ0) is 30.1. The predicted molar refractivity (Wildman–Crippen MR) is 155 cm³/mol. The SMILES string of the molecule is C[C@@H]1NC(=O)[C@H](C2CC2)OC(=O)C2(C=Cc3ccc4ccc(nc4c3)[C@@H](C)NC(=O)[C@@H]3CCCN(N3)C1=O)COCOC2. The molecule has 0 radical (unpaired) electrons. The fourth-order valence-corrected chi connectivity index (χ4v) is 5.69. The van der Waals surface area contributed by atoms with E-state index in [1.807, 2.05) is 37.3 Å². The van der Waals surface area contributed by atoms with Crippen molar-refractivity contribution in [3.8, 4) is 0 Å². The molecule has 4 aliphatic rings. The van der Waals surface area contributed by atoms with Crippen molar-refractivity contribution >= 4 is 40.7 Å². The first-order chi connectivity index (χ1) is 20.7. The Balaban J connectivity index is 1.36. The van der Waals surface area contributed by atoms with Crippen molar-refractivity contribution in [2.75, 3.05) is 26.6 Å². The van der Waals surface area contributed by atoms with Gasteiger partial charge >= 0.3 is 5.97 Å². The Hall–Kier alpha value is -3.87. The summed E-state index contributed by atoms with van der Waals surface area (Å²) in [5.41, 5.74) is 3.99. The van der Waals surface area contributed by atoms with Gasteiger partial charge in [0.2, 0.25) is 5.91 Å². The van der Waals surface area contributed by atoms with Crippen LogP contribution in [0.4, 0.5) is 0 Å². The summed E-state index contributed by atoms with van der Waals surface area (Å²) < 4.78 is 16.9. The first-order valence-electron chi connectivity index (χ1n) is 14.9. The van der Waals surface area contributed by atoms with E-state index in [2.05, 4.69) is 16.1 Å². The highest BCUT2D eigenvalue weighted by atomic mass is 16.7. The summed E-state index contributed by atoms with van der Waals surface area (Å²) in [5.74, 6) is -1.92. The average molecular weight is 592 g/mol. The normalized spacial score (nSPS) is 28.8. The molecule has 3 aliphatic heterocycles. The van der Waals surface area contributed by atoms with Crippen molar-refractivity contribution in [1.82, 2.24) is 26.1 Å². The second-order valence-electron chi connectivity index (χ2n) is 11.9. The Morgan fingerprint density at radius 1 is 0.930 bits per heavy atom.